The van der Waals surface area contributed by atoms with Crippen molar-refractivity contribution in [3.8, 4) is 11.1 Å². The van der Waals surface area contributed by atoms with Crippen molar-refractivity contribution < 1.29 is 4.79 Å². The number of benzene rings is 1. The molecule has 0 spiro atoms. The van der Waals surface area contributed by atoms with Crippen molar-refractivity contribution in [2.45, 2.75) is 26.7 Å². The molecule has 0 atom stereocenters. The molecule has 0 unspecified atom stereocenters. The van der Waals surface area contributed by atoms with E-state index in [-0.39, 0.29) is 11.8 Å². The highest BCUT2D eigenvalue weighted by atomic mass is 32.1. The first-order valence-corrected chi connectivity index (χ1v) is 9.04. The number of amides is 1. The molecule has 0 aliphatic heterocycles. The Bertz CT molecular complexity index is 912. The lowest BCUT2D eigenvalue weighted by atomic mass is 9.76. The molecule has 1 saturated carbocycles. The van der Waals surface area contributed by atoms with E-state index >= 15 is 0 Å². The van der Waals surface area contributed by atoms with Gasteiger partial charge in [-0.25, -0.2) is 4.98 Å². The summed E-state index contributed by atoms with van der Waals surface area (Å²) in [6, 6.07) is 8.20. The summed E-state index contributed by atoms with van der Waals surface area (Å²) in [4.78, 5) is 21.0. The largest absolute Gasteiger partial charge is 0.302 e. The van der Waals surface area contributed by atoms with Crippen LogP contribution in [0, 0.1) is 18.8 Å². The molecule has 0 bridgehead atoms. The number of rotatable bonds is 3. The van der Waals surface area contributed by atoms with Crippen LogP contribution in [0.2, 0.25) is 0 Å². The first-order chi connectivity index (χ1) is 11.6. The molecule has 1 aliphatic carbocycles. The molecule has 1 amide bonds. The third-order valence-electron chi connectivity index (χ3n) is 4.71. The van der Waals surface area contributed by atoms with Gasteiger partial charge in [0.2, 0.25) is 5.91 Å². The number of hydrogen-bond acceptors (Lipinski definition) is 4. The average molecular weight is 337 g/mol. The fourth-order valence-corrected chi connectivity index (χ4v) is 4.14. The molecule has 2 aromatic heterocycles. The van der Waals surface area contributed by atoms with Gasteiger partial charge in [-0.1, -0.05) is 24.3 Å². The van der Waals surface area contributed by atoms with Gasteiger partial charge >= 0.3 is 0 Å². The quantitative estimate of drug-likeness (QED) is 0.757. The number of aryl methyl sites for hydroxylation is 1. The summed E-state index contributed by atoms with van der Waals surface area (Å²) < 4.78 is 1.08. The van der Waals surface area contributed by atoms with Crippen LogP contribution in [0.4, 0.5) is 5.13 Å². The number of nitrogens with zero attached hydrogens (tertiary/aromatic N) is 2. The molecule has 122 valence electrons. The molecule has 5 heteroatoms. The van der Waals surface area contributed by atoms with Gasteiger partial charge < -0.3 is 5.32 Å². The maximum absolute atomic E-state index is 12.2. The average Bonchev–Trinajstić information content (AvgIpc) is 2.93. The third kappa shape index (κ3) is 2.80. The fourth-order valence-electron chi connectivity index (χ4n) is 3.24. The monoisotopic (exact) mass is 337 g/mol. The maximum atomic E-state index is 12.2. The summed E-state index contributed by atoms with van der Waals surface area (Å²) in [5.41, 5.74) is 4.37. The molecule has 1 aliphatic rings. The molecule has 0 saturated heterocycles. The van der Waals surface area contributed by atoms with Crippen LogP contribution in [0.1, 0.15) is 25.3 Å². The Morgan fingerprint density at radius 3 is 2.88 bits per heavy atom. The maximum Gasteiger partial charge on any atom is 0.229 e. The van der Waals surface area contributed by atoms with Crippen LogP contribution in [0.5, 0.6) is 0 Å². The van der Waals surface area contributed by atoms with E-state index in [1.165, 1.54) is 16.9 Å². The van der Waals surface area contributed by atoms with Crippen LogP contribution in [0.3, 0.4) is 0 Å². The minimum atomic E-state index is 0.107. The molecule has 2 heterocycles. The van der Waals surface area contributed by atoms with Crippen LogP contribution in [-0.2, 0) is 4.79 Å². The standard InChI is InChI=1S/C19H19N3OS/c1-11-7-14(8-11)18(23)22-19-21-16-4-3-13(9-17(16)24-19)15-10-20-6-5-12(15)2/h3-6,9-11,14H,7-8H2,1-2H3,(H,21,22,23). The van der Waals surface area contributed by atoms with Gasteiger partial charge in [-0.2, -0.15) is 0 Å². The van der Waals surface area contributed by atoms with Crippen molar-refractivity contribution in [2.24, 2.45) is 11.8 Å². The Morgan fingerprint density at radius 1 is 1.29 bits per heavy atom. The first-order valence-electron chi connectivity index (χ1n) is 8.22. The van der Waals surface area contributed by atoms with E-state index in [1.807, 2.05) is 18.3 Å². The predicted octanol–water partition coefficient (Wildman–Crippen LogP) is 4.65. The summed E-state index contributed by atoms with van der Waals surface area (Å²) >= 11 is 1.53. The molecule has 0 radical (unpaired) electrons. The highest BCUT2D eigenvalue weighted by Gasteiger charge is 2.31. The molecule has 1 fully saturated rings. The molecule has 3 aromatic rings. The van der Waals surface area contributed by atoms with Crippen LogP contribution in [-0.4, -0.2) is 15.9 Å². The highest BCUT2D eigenvalue weighted by Crippen LogP contribution is 2.35. The van der Waals surface area contributed by atoms with Crippen molar-refractivity contribution >= 4 is 32.6 Å². The van der Waals surface area contributed by atoms with E-state index in [9.17, 15) is 4.79 Å². The van der Waals surface area contributed by atoms with Gasteiger partial charge in [-0.05, 0) is 55.0 Å². The Morgan fingerprint density at radius 2 is 2.12 bits per heavy atom. The number of hydrogen-bond donors (Lipinski definition) is 1. The van der Waals surface area contributed by atoms with Crippen molar-refractivity contribution in [3.05, 3.63) is 42.2 Å². The van der Waals surface area contributed by atoms with E-state index in [4.69, 9.17) is 0 Å². The molecule has 4 rings (SSSR count). The zero-order valence-electron chi connectivity index (χ0n) is 13.7. The van der Waals surface area contributed by atoms with Crippen LogP contribution < -0.4 is 5.32 Å². The highest BCUT2D eigenvalue weighted by molar-refractivity contribution is 7.22. The number of anilines is 1. The van der Waals surface area contributed by atoms with E-state index in [0.717, 1.165) is 34.2 Å². The summed E-state index contributed by atoms with van der Waals surface area (Å²) in [5.74, 6) is 0.928. The van der Waals surface area contributed by atoms with Gasteiger partial charge in [-0.15, -0.1) is 0 Å². The molecule has 24 heavy (non-hydrogen) atoms. The van der Waals surface area contributed by atoms with Gasteiger partial charge in [-0.3, -0.25) is 9.78 Å². The van der Waals surface area contributed by atoms with Crippen LogP contribution >= 0.6 is 11.3 Å². The zero-order valence-corrected chi connectivity index (χ0v) is 14.6. The number of carbonyl (C=O) groups excluding carboxylic acids is 1. The number of thiazole rings is 1. The lowest BCUT2D eigenvalue weighted by molar-refractivity contribution is -0.123. The van der Waals surface area contributed by atoms with Gasteiger partial charge in [0, 0.05) is 23.9 Å². The van der Waals surface area contributed by atoms with Crippen molar-refractivity contribution in [3.63, 3.8) is 0 Å². The second-order valence-electron chi connectivity index (χ2n) is 6.65. The molecular weight excluding hydrogens is 318 g/mol. The first kappa shape index (κ1) is 15.3. The van der Waals surface area contributed by atoms with Crippen LogP contribution in [0.15, 0.2) is 36.7 Å². The van der Waals surface area contributed by atoms with Gasteiger partial charge in [0.05, 0.1) is 10.2 Å². The minimum absolute atomic E-state index is 0.107. The Labute approximate surface area is 145 Å². The number of pyridine rings is 1. The number of carbonyl (C=O) groups is 1. The summed E-state index contributed by atoms with van der Waals surface area (Å²) in [6.07, 6.45) is 5.67. The molecule has 1 aromatic carbocycles. The zero-order chi connectivity index (χ0) is 16.7. The van der Waals surface area contributed by atoms with E-state index in [1.54, 1.807) is 6.20 Å². The smallest absolute Gasteiger partial charge is 0.229 e. The van der Waals surface area contributed by atoms with Gasteiger partial charge in [0.15, 0.2) is 5.13 Å². The van der Waals surface area contributed by atoms with E-state index in [0.29, 0.717) is 11.0 Å². The fraction of sp³-hybridized carbons (Fsp3) is 0.316. The lowest BCUT2D eigenvalue weighted by Gasteiger charge is -2.30. The summed E-state index contributed by atoms with van der Waals surface area (Å²) in [6.45, 7) is 4.27. The van der Waals surface area contributed by atoms with E-state index < -0.39 is 0 Å². The van der Waals surface area contributed by atoms with Crippen molar-refractivity contribution in [1.82, 2.24) is 9.97 Å². The topological polar surface area (TPSA) is 54.9 Å². The number of nitrogens with one attached hydrogen (secondary N) is 1. The third-order valence-corrected chi connectivity index (χ3v) is 5.65. The Balaban J connectivity index is 1.59. The molecule has 4 nitrogen and oxygen atoms in total. The van der Waals surface area contributed by atoms with E-state index in [2.05, 4.69) is 41.3 Å². The summed E-state index contributed by atoms with van der Waals surface area (Å²) in [7, 11) is 0. The SMILES string of the molecule is Cc1ccncc1-c1ccc2nc(NC(=O)C3CC(C)C3)sc2c1. The Kier molecular flexibility index (Phi) is 3.81. The lowest BCUT2D eigenvalue weighted by Crippen LogP contribution is -2.33. The van der Waals surface area contributed by atoms with Gasteiger partial charge in [0.25, 0.3) is 0 Å². The minimum Gasteiger partial charge on any atom is -0.302 e. The second kappa shape index (κ2) is 5.98. The van der Waals surface area contributed by atoms with Crippen LogP contribution in [0.25, 0.3) is 21.3 Å². The molecule has 1 N–H and O–H groups in total. The number of aromatic nitrogens is 2. The van der Waals surface area contributed by atoms with Crippen molar-refractivity contribution in [1.29, 1.82) is 0 Å². The van der Waals surface area contributed by atoms with Gasteiger partial charge in [0.1, 0.15) is 0 Å². The Hall–Kier alpha value is -2.27. The predicted molar refractivity (Wildman–Crippen MR) is 98.1 cm³/mol. The number of fused-ring (bicyclic) bond motifs is 1. The normalized spacial score (nSPS) is 19.9. The summed E-state index contributed by atoms with van der Waals surface area (Å²) in [5, 5.41) is 3.67. The second-order valence-corrected chi connectivity index (χ2v) is 7.69. The molecular formula is C19H19N3OS. The van der Waals surface area contributed by atoms with Crippen molar-refractivity contribution in [2.75, 3.05) is 5.32 Å².